The summed E-state index contributed by atoms with van der Waals surface area (Å²) in [6.07, 6.45) is 4.70. The summed E-state index contributed by atoms with van der Waals surface area (Å²) in [6, 6.07) is 3.58. The Morgan fingerprint density at radius 2 is 2.35 bits per heavy atom. The summed E-state index contributed by atoms with van der Waals surface area (Å²) < 4.78 is 31.2. The van der Waals surface area contributed by atoms with Crippen molar-refractivity contribution in [2.24, 2.45) is 0 Å². The number of sulfonamides is 1. The summed E-state index contributed by atoms with van der Waals surface area (Å²) in [5, 5.41) is 3.23. The Bertz CT molecular complexity index is 422. The Morgan fingerprint density at radius 1 is 1.47 bits per heavy atom. The van der Waals surface area contributed by atoms with Crippen LogP contribution in [0.5, 0.6) is 0 Å². The van der Waals surface area contributed by atoms with E-state index in [9.17, 15) is 8.42 Å². The minimum atomic E-state index is -3.23. The zero-order valence-electron chi connectivity index (χ0n) is 9.69. The molecule has 0 amide bonds. The van der Waals surface area contributed by atoms with Crippen LogP contribution >= 0.6 is 0 Å². The molecule has 2 heterocycles. The Hall–Kier alpha value is -0.850. The van der Waals surface area contributed by atoms with E-state index in [4.69, 9.17) is 4.42 Å². The van der Waals surface area contributed by atoms with Crippen molar-refractivity contribution < 1.29 is 12.8 Å². The zero-order chi connectivity index (χ0) is 12.1. The van der Waals surface area contributed by atoms with Gasteiger partial charge in [-0.1, -0.05) is 6.42 Å². The van der Waals surface area contributed by atoms with Crippen molar-refractivity contribution in [3.8, 4) is 0 Å². The van der Waals surface area contributed by atoms with E-state index >= 15 is 0 Å². The van der Waals surface area contributed by atoms with Crippen molar-refractivity contribution in [1.29, 1.82) is 0 Å². The molecule has 0 bridgehead atoms. The summed E-state index contributed by atoms with van der Waals surface area (Å²) in [6.45, 7) is 1.14. The minimum Gasteiger partial charge on any atom is -0.468 e. The first-order chi connectivity index (χ1) is 8.16. The number of piperidine rings is 1. The maximum absolute atomic E-state index is 11.8. The van der Waals surface area contributed by atoms with Gasteiger partial charge in [0, 0.05) is 6.04 Å². The lowest BCUT2D eigenvalue weighted by Crippen LogP contribution is -2.42. The van der Waals surface area contributed by atoms with Gasteiger partial charge in [-0.3, -0.25) is 0 Å². The number of hydrogen-bond acceptors (Lipinski definition) is 4. The largest absolute Gasteiger partial charge is 0.468 e. The molecule has 0 saturated carbocycles. The van der Waals surface area contributed by atoms with Gasteiger partial charge < -0.3 is 9.73 Å². The maximum atomic E-state index is 11.8. The van der Waals surface area contributed by atoms with Crippen LogP contribution in [0.2, 0.25) is 0 Å². The molecule has 1 fully saturated rings. The predicted molar refractivity (Wildman–Crippen MR) is 65.0 cm³/mol. The Kier molecular flexibility index (Phi) is 4.20. The normalized spacial score (nSPS) is 21.5. The standard InChI is InChI=1S/C11H18N2O3S/c14-17(15,9-10-4-1-2-6-12-10)13-8-11-5-3-7-16-11/h3,5,7,10,12-13H,1-2,4,6,8-9H2. The van der Waals surface area contributed by atoms with E-state index in [-0.39, 0.29) is 18.3 Å². The molecule has 2 N–H and O–H groups in total. The average Bonchev–Trinajstić information content (AvgIpc) is 2.80. The van der Waals surface area contributed by atoms with Crippen LogP contribution in [0.4, 0.5) is 0 Å². The molecule has 96 valence electrons. The van der Waals surface area contributed by atoms with Crippen molar-refractivity contribution in [3.63, 3.8) is 0 Å². The van der Waals surface area contributed by atoms with Crippen LogP contribution in [0.3, 0.4) is 0 Å². The molecule has 1 aliphatic rings. The highest BCUT2D eigenvalue weighted by atomic mass is 32.2. The van der Waals surface area contributed by atoms with E-state index < -0.39 is 10.0 Å². The number of nitrogens with one attached hydrogen (secondary N) is 2. The van der Waals surface area contributed by atoms with E-state index in [1.807, 2.05) is 0 Å². The molecule has 2 rings (SSSR count). The van der Waals surface area contributed by atoms with Gasteiger partial charge in [0.2, 0.25) is 10.0 Å². The highest BCUT2D eigenvalue weighted by molar-refractivity contribution is 7.89. The summed E-state index contributed by atoms with van der Waals surface area (Å²) in [7, 11) is -3.23. The van der Waals surface area contributed by atoms with Crippen LogP contribution in [0, 0.1) is 0 Å². The van der Waals surface area contributed by atoms with E-state index in [1.165, 1.54) is 6.26 Å². The molecule has 0 aliphatic carbocycles. The van der Waals surface area contributed by atoms with Gasteiger partial charge in [0.15, 0.2) is 0 Å². The second-order valence-corrected chi connectivity index (χ2v) is 6.18. The first-order valence-corrected chi connectivity index (χ1v) is 7.54. The Labute approximate surface area is 102 Å². The predicted octanol–water partition coefficient (Wildman–Crippen LogP) is 0.841. The van der Waals surface area contributed by atoms with Crippen LogP contribution in [0.1, 0.15) is 25.0 Å². The zero-order valence-corrected chi connectivity index (χ0v) is 10.5. The van der Waals surface area contributed by atoms with Crippen molar-refractivity contribution in [2.45, 2.75) is 31.8 Å². The third-order valence-electron chi connectivity index (χ3n) is 2.88. The molecule has 5 nitrogen and oxygen atoms in total. The highest BCUT2D eigenvalue weighted by Crippen LogP contribution is 2.09. The Balaban J connectivity index is 1.81. The van der Waals surface area contributed by atoms with Gasteiger partial charge in [-0.2, -0.15) is 0 Å². The second kappa shape index (κ2) is 5.66. The molecule has 1 aromatic rings. The lowest BCUT2D eigenvalue weighted by Gasteiger charge is -2.23. The fourth-order valence-electron chi connectivity index (χ4n) is 1.98. The van der Waals surface area contributed by atoms with Gasteiger partial charge in [0.05, 0.1) is 18.6 Å². The van der Waals surface area contributed by atoms with Gasteiger partial charge in [-0.15, -0.1) is 0 Å². The van der Waals surface area contributed by atoms with Gasteiger partial charge >= 0.3 is 0 Å². The van der Waals surface area contributed by atoms with E-state index in [2.05, 4.69) is 10.0 Å². The van der Waals surface area contributed by atoms with Crippen LogP contribution < -0.4 is 10.0 Å². The van der Waals surface area contributed by atoms with Crippen LogP contribution in [-0.2, 0) is 16.6 Å². The summed E-state index contributed by atoms with van der Waals surface area (Å²) in [5.74, 6) is 0.776. The van der Waals surface area contributed by atoms with Crippen LogP contribution in [0.25, 0.3) is 0 Å². The fraction of sp³-hybridized carbons (Fsp3) is 0.636. The first-order valence-electron chi connectivity index (χ1n) is 5.89. The van der Waals surface area contributed by atoms with Gasteiger partial charge in [0.25, 0.3) is 0 Å². The lowest BCUT2D eigenvalue weighted by molar-refractivity contribution is 0.421. The molecule has 17 heavy (non-hydrogen) atoms. The summed E-state index contributed by atoms with van der Waals surface area (Å²) in [4.78, 5) is 0. The molecule has 1 aromatic heterocycles. The first kappa shape index (κ1) is 12.6. The van der Waals surface area contributed by atoms with E-state index in [1.54, 1.807) is 12.1 Å². The molecule has 0 aromatic carbocycles. The van der Waals surface area contributed by atoms with Crippen LogP contribution in [0.15, 0.2) is 22.8 Å². The SMILES string of the molecule is O=S(=O)(CC1CCCCN1)NCc1ccco1. The molecule has 1 unspecified atom stereocenters. The van der Waals surface area contributed by atoms with Crippen molar-refractivity contribution in [1.82, 2.24) is 10.0 Å². The summed E-state index contributed by atoms with van der Waals surface area (Å²) >= 11 is 0. The molecule has 1 aliphatic heterocycles. The highest BCUT2D eigenvalue weighted by Gasteiger charge is 2.20. The van der Waals surface area contributed by atoms with Gasteiger partial charge in [0.1, 0.15) is 5.76 Å². The van der Waals surface area contributed by atoms with Crippen LogP contribution in [-0.4, -0.2) is 26.8 Å². The smallest absolute Gasteiger partial charge is 0.213 e. The molecular weight excluding hydrogens is 240 g/mol. The number of rotatable bonds is 5. The van der Waals surface area contributed by atoms with Crippen molar-refractivity contribution in [2.75, 3.05) is 12.3 Å². The number of hydrogen-bond donors (Lipinski definition) is 2. The molecular formula is C11H18N2O3S. The van der Waals surface area contributed by atoms with Crippen molar-refractivity contribution in [3.05, 3.63) is 24.2 Å². The van der Waals surface area contributed by atoms with E-state index in [0.29, 0.717) is 5.76 Å². The maximum Gasteiger partial charge on any atom is 0.213 e. The molecule has 1 saturated heterocycles. The monoisotopic (exact) mass is 258 g/mol. The van der Waals surface area contributed by atoms with Gasteiger partial charge in [-0.05, 0) is 31.5 Å². The quantitative estimate of drug-likeness (QED) is 0.821. The molecule has 0 radical (unpaired) electrons. The number of furan rings is 1. The van der Waals surface area contributed by atoms with Gasteiger partial charge in [-0.25, -0.2) is 13.1 Å². The molecule has 6 heteroatoms. The minimum absolute atomic E-state index is 0.0813. The second-order valence-electron chi connectivity index (χ2n) is 4.33. The topological polar surface area (TPSA) is 71.3 Å². The lowest BCUT2D eigenvalue weighted by atomic mass is 10.1. The summed E-state index contributed by atoms with van der Waals surface area (Å²) in [5.41, 5.74) is 0. The Morgan fingerprint density at radius 3 is 3.00 bits per heavy atom. The third kappa shape index (κ3) is 4.14. The molecule has 1 atom stereocenters. The van der Waals surface area contributed by atoms with Crippen molar-refractivity contribution >= 4 is 10.0 Å². The van der Waals surface area contributed by atoms with E-state index in [0.717, 1.165) is 25.8 Å². The third-order valence-corrected chi connectivity index (χ3v) is 4.30. The fourth-order valence-corrected chi connectivity index (χ4v) is 3.28. The average molecular weight is 258 g/mol. The molecule has 0 spiro atoms.